The van der Waals surface area contributed by atoms with Crippen molar-refractivity contribution in [1.29, 1.82) is 0 Å². The lowest BCUT2D eigenvalue weighted by atomic mass is 10.1. The zero-order valence-corrected chi connectivity index (χ0v) is 9.79. The highest BCUT2D eigenvalue weighted by Crippen LogP contribution is 2.36. The van der Waals surface area contributed by atoms with E-state index in [1.807, 2.05) is 0 Å². The zero-order chi connectivity index (χ0) is 12.3. The van der Waals surface area contributed by atoms with E-state index in [0.717, 1.165) is 13.3 Å². The van der Waals surface area contributed by atoms with Crippen molar-refractivity contribution in [1.82, 2.24) is 4.98 Å². The molecule has 0 bridgehead atoms. The highest BCUT2D eigenvalue weighted by Gasteiger charge is 2.21. The van der Waals surface area contributed by atoms with Crippen molar-refractivity contribution in [3.63, 3.8) is 0 Å². The van der Waals surface area contributed by atoms with Crippen molar-refractivity contribution in [2.75, 3.05) is 7.11 Å². The van der Waals surface area contributed by atoms with Gasteiger partial charge in [-0.05, 0) is 15.9 Å². The summed E-state index contributed by atoms with van der Waals surface area (Å²) in [5.74, 6) is -1.35. The van der Waals surface area contributed by atoms with Crippen molar-refractivity contribution < 1.29 is 23.4 Å². The van der Waals surface area contributed by atoms with Gasteiger partial charge in [0.05, 0.1) is 24.8 Å². The normalized spacial score (nSPS) is 10.6. The molecular formula is C9H8BrF2NO3. The molecule has 0 unspecified atom stereocenters. The van der Waals surface area contributed by atoms with E-state index in [1.54, 1.807) is 0 Å². The quantitative estimate of drug-likeness (QED) is 0.869. The van der Waals surface area contributed by atoms with E-state index in [2.05, 4.69) is 25.7 Å². The minimum Gasteiger partial charge on any atom is -0.505 e. The van der Waals surface area contributed by atoms with Gasteiger partial charge in [-0.15, -0.1) is 0 Å². The maximum absolute atomic E-state index is 12.6. The lowest BCUT2D eigenvalue weighted by Crippen LogP contribution is -2.07. The first-order chi connectivity index (χ1) is 7.47. The highest BCUT2D eigenvalue weighted by molar-refractivity contribution is 9.10. The van der Waals surface area contributed by atoms with Gasteiger partial charge in [0.2, 0.25) is 0 Å². The number of aromatic hydroxyl groups is 1. The average Bonchev–Trinajstić information content (AvgIpc) is 2.21. The standard InChI is InChI=1S/C9H8BrF2NO3/c1-16-6(14)2-5-8(15)7(9(11)12)4(10)3-13-5/h3,9,15H,2H2,1H3. The van der Waals surface area contributed by atoms with Crippen LogP contribution >= 0.6 is 15.9 Å². The Morgan fingerprint density at radius 3 is 2.81 bits per heavy atom. The Morgan fingerprint density at radius 1 is 1.69 bits per heavy atom. The molecule has 0 radical (unpaired) electrons. The third-order valence-corrected chi connectivity index (χ3v) is 2.51. The van der Waals surface area contributed by atoms with Crippen LogP contribution in [-0.4, -0.2) is 23.2 Å². The summed E-state index contributed by atoms with van der Waals surface area (Å²) < 4.78 is 29.5. The second-order valence-electron chi connectivity index (χ2n) is 2.87. The molecule has 88 valence electrons. The molecule has 1 aromatic heterocycles. The predicted octanol–water partition coefficient (Wildman–Crippen LogP) is 2.20. The first-order valence-corrected chi connectivity index (χ1v) is 4.97. The molecule has 0 aliphatic heterocycles. The number of nitrogens with zero attached hydrogens (tertiary/aromatic N) is 1. The summed E-state index contributed by atoms with van der Waals surface area (Å²) in [6, 6.07) is 0. The molecule has 0 aliphatic carbocycles. The van der Waals surface area contributed by atoms with E-state index >= 15 is 0 Å². The third-order valence-electron chi connectivity index (χ3n) is 1.88. The van der Waals surface area contributed by atoms with Gasteiger partial charge in [-0.3, -0.25) is 9.78 Å². The number of hydrogen-bond donors (Lipinski definition) is 1. The van der Waals surface area contributed by atoms with Gasteiger partial charge in [0, 0.05) is 10.7 Å². The Balaban J connectivity index is 3.13. The number of carbonyl (C=O) groups is 1. The smallest absolute Gasteiger partial charge is 0.311 e. The molecular weight excluding hydrogens is 288 g/mol. The van der Waals surface area contributed by atoms with Crippen molar-refractivity contribution >= 4 is 21.9 Å². The van der Waals surface area contributed by atoms with E-state index in [9.17, 15) is 18.7 Å². The molecule has 0 amide bonds. The van der Waals surface area contributed by atoms with Crippen molar-refractivity contribution in [2.45, 2.75) is 12.8 Å². The molecule has 0 aromatic carbocycles. The van der Waals surface area contributed by atoms with E-state index < -0.39 is 23.7 Å². The van der Waals surface area contributed by atoms with Gasteiger partial charge < -0.3 is 9.84 Å². The van der Waals surface area contributed by atoms with Gasteiger partial charge in [0.1, 0.15) is 5.75 Å². The summed E-state index contributed by atoms with van der Waals surface area (Å²) in [5.41, 5.74) is -0.709. The zero-order valence-electron chi connectivity index (χ0n) is 8.21. The van der Waals surface area contributed by atoms with Crippen LogP contribution in [0.15, 0.2) is 10.7 Å². The molecule has 0 atom stereocenters. The fraction of sp³-hybridized carbons (Fsp3) is 0.333. The topological polar surface area (TPSA) is 59.4 Å². The fourth-order valence-electron chi connectivity index (χ4n) is 1.08. The van der Waals surface area contributed by atoms with Crippen LogP contribution < -0.4 is 0 Å². The van der Waals surface area contributed by atoms with Gasteiger partial charge in [-0.25, -0.2) is 8.78 Å². The second kappa shape index (κ2) is 5.20. The Morgan fingerprint density at radius 2 is 2.31 bits per heavy atom. The average molecular weight is 296 g/mol. The van der Waals surface area contributed by atoms with Crippen LogP contribution in [0.3, 0.4) is 0 Å². The number of methoxy groups -OCH3 is 1. The molecule has 0 saturated heterocycles. The number of aromatic nitrogens is 1. The largest absolute Gasteiger partial charge is 0.505 e. The van der Waals surface area contributed by atoms with Gasteiger partial charge in [0.15, 0.2) is 0 Å². The van der Waals surface area contributed by atoms with Crippen LogP contribution in [-0.2, 0) is 16.0 Å². The number of hydrogen-bond acceptors (Lipinski definition) is 4. The Hall–Kier alpha value is -1.24. The van der Waals surface area contributed by atoms with E-state index in [1.165, 1.54) is 0 Å². The van der Waals surface area contributed by atoms with Gasteiger partial charge in [-0.1, -0.05) is 0 Å². The summed E-state index contributed by atoms with van der Waals surface area (Å²) in [4.78, 5) is 14.6. The van der Waals surface area contributed by atoms with Crippen molar-refractivity contribution in [3.05, 3.63) is 21.9 Å². The van der Waals surface area contributed by atoms with Crippen LogP contribution in [0.4, 0.5) is 8.78 Å². The predicted molar refractivity (Wildman–Crippen MR) is 54.3 cm³/mol. The number of halogens is 3. The second-order valence-corrected chi connectivity index (χ2v) is 3.72. The molecule has 0 saturated carbocycles. The molecule has 1 N–H and O–H groups in total. The van der Waals surface area contributed by atoms with Gasteiger partial charge >= 0.3 is 5.97 Å². The van der Waals surface area contributed by atoms with Crippen LogP contribution in [0.1, 0.15) is 17.7 Å². The van der Waals surface area contributed by atoms with Crippen LogP contribution in [0, 0.1) is 0 Å². The Labute approximate surface area is 98.4 Å². The van der Waals surface area contributed by atoms with Crippen molar-refractivity contribution in [3.8, 4) is 5.75 Å². The summed E-state index contributed by atoms with van der Waals surface area (Å²) in [7, 11) is 1.16. The molecule has 0 spiro atoms. The van der Waals surface area contributed by atoms with Crippen LogP contribution in [0.25, 0.3) is 0 Å². The van der Waals surface area contributed by atoms with E-state index in [-0.39, 0.29) is 16.6 Å². The SMILES string of the molecule is COC(=O)Cc1ncc(Br)c(C(F)F)c1O. The molecule has 0 fully saturated rings. The minimum absolute atomic E-state index is 0.00591. The molecule has 7 heteroatoms. The first-order valence-electron chi connectivity index (χ1n) is 4.18. The van der Waals surface area contributed by atoms with Crippen molar-refractivity contribution in [2.24, 2.45) is 0 Å². The summed E-state index contributed by atoms with van der Waals surface area (Å²) in [6.07, 6.45) is -2.09. The van der Waals surface area contributed by atoms with Crippen LogP contribution in [0.2, 0.25) is 0 Å². The maximum atomic E-state index is 12.6. The Kier molecular flexibility index (Phi) is 4.17. The van der Waals surface area contributed by atoms with Gasteiger partial charge in [0.25, 0.3) is 6.43 Å². The number of alkyl halides is 2. The number of pyridine rings is 1. The van der Waals surface area contributed by atoms with E-state index in [0.29, 0.717) is 0 Å². The highest BCUT2D eigenvalue weighted by atomic mass is 79.9. The van der Waals surface area contributed by atoms with Gasteiger partial charge in [-0.2, -0.15) is 0 Å². The monoisotopic (exact) mass is 295 g/mol. The molecule has 1 aromatic rings. The molecule has 16 heavy (non-hydrogen) atoms. The number of ether oxygens (including phenoxy) is 1. The number of esters is 1. The molecule has 1 rings (SSSR count). The number of rotatable bonds is 3. The lowest BCUT2D eigenvalue weighted by molar-refractivity contribution is -0.139. The molecule has 0 aliphatic rings. The maximum Gasteiger partial charge on any atom is 0.311 e. The van der Waals surface area contributed by atoms with Crippen LogP contribution in [0.5, 0.6) is 5.75 Å². The molecule has 1 heterocycles. The number of carbonyl (C=O) groups excluding carboxylic acids is 1. The minimum atomic E-state index is -2.85. The fourth-order valence-corrected chi connectivity index (χ4v) is 1.54. The first kappa shape index (κ1) is 12.8. The lowest BCUT2D eigenvalue weighted by Gasteiger charge is -2.09. The summed E-state index contributed by atoms with van der Waals surface area (Å²) in [5, 5.41) is 9.50. The summed E-state index contributed by atoms with van der Waals surface area (Å²) >= 11 is 2.85. The Bertz CT molecular complexity index is 412. The molecule has 4 nitrogen and oxygen atoms in total. The summed E-state index contributed by atoms with van der Waals surface area (Å²) in [6.45, 7) is 0. The van der Waals surface area contributed by atoms with E-state index in [4.69, 9.17) is 0 Å². The third kappa shape index (κ3) is 2.66.